The van der Waals surface area contributed by atoms with Crippen molar-refractivity contribution in [1.82, 2.24) is 0 Å². The largest absolute Gasteiger partial charge is 0.469 e. The zero-order chi connectivity index (χ0) is 15.5. The van der Waals surface area contributed by atoms with Crippen molar-refractivity contribution in [2.24, 2.45) is 4.99 Å². The highest BCUT2D eigenvalue weighted by Gasteiger charge is 2.22. The number of carbonyl (C=O) groups excluding carboxylic acids is 1. The molecule has 0 spiro atoms. The monoisotopic (exact) mass is 314 g/mol. The smallest absolute Gasteiger partial charge is 0.309 e. The Morgan fingerprint density at radius 1 is 1.27 bits per heavy atom. The number of nitrogens with zero attached hydrogens (tertiary/aromatic N) is 1. The number of nitrogens with one attached hydrogen (secondary N) is 1. The number of aliphatic imine (C=N–C) groups is 1. The number of methoxy groups -OCH3 is 1. The molecule has 3 rings (SSSR count). The normalized spacial score (nSPS) is 15.8. The fourth-order valence-electron chi connectivity index (χ4n) is 2.60. The average Bonchev–Trinajstić information content (AvgIpc) is 2.54. The predicted molar refractivity (Wildman–Crippen MR) is 87.6 cm³/mol. The summed E-state index contributed by atoms with van der Waals surface area (Å²) >= 11 is 6.08. The van der Waals surface area contributed by atoms with Crippen LogP contribution in [0.2, 0.25) is 5.02 Å². The van der Waals surface area contributed by atoms with E-state index >= 15 is 0 Å². The number of para-hydroxylation sites is 1. The Morgan fingerprint density at radius 2 is 2.09 bits per heavy atom. The number of anilines is 1. The summed E-state index contributed by atoms with van der Waals surface area (Å²) in [6, 6.07) is 13.4. The van der Waals surface area contributed by atoms with Crippen LogP contribution < -0.4 is 5.32 Å². The standard InChI is InChI=1S/C17H15ClN2O2/c1-22-16(21)9-11-8-12(18)6-7-13(11)17-14-4-2-3-5-15(14)19-10-20-17/h2-8,10,17H,9H2,1H3,(H,19,20). The van der Waals surface area contributed by atoms with Gasteiger partial charge < -0.3 is 10.1 Å². The first-order valence-corrected chi connectivity index (χ1v) is 7.29. The van der Waals surface area contributed by atoms with Crippen LogP contribution in [0.25, 0.3) is 0 Å². The molecule has 0 bridgehead atoms. The number of fused-ring (bicyclic) bond motifs is 1. The van der Waals surface area contributed by atoms with Crippen LogP contribution in [0, 0.1) is 0 Å². The van der Waals surface area contributed by atoms with Gasteiger partial charge in [-0.05, 0) is 29.3 Å². The van der Waals surface area contributed by atoms with Crippen LogP contribution in [0.5, 0.6) is 0 Å². The van der Waals surface area contributed by atoms with Gasteiger partial charge in [0.25, 0.3) is 0 Å². The molecule has 1 aliphatic rings. The zero-order valence-corrected chi connectivity index (χ0v) is 12.8. The number of hydrogen-bond acceptors (Lipinski definition) is 4. The summed E-state index contributed by atoms with van der Waals surface area (Å²) in [5.41, 5.74) is 3.87. The number of carbonyl (C=O) groups is 1. The number of ether oxygens (including phenoxy) is 1. The van der Waals surface area contributed by atoms with Gasteiger partial charge in [-0.25, -0.2) is 0 Å². The number of hydrogen-bond donors (Lipinski definition) is 1. The minimum Gasteiger partial charge on any atom is -0.469 e. The minimum atomic E-state index is -0.297. The Balaban J connectivity index is 2.06. The summed E-state index contributed by atoms with van der Waals surface area (Å²) < 4.78 is 4.77. The van der Waals surface area contributed by atoms with Gasteiger partial charge >= 0.3 is 5.97 Å². The molecule has 5 heteroatoms. The summed E-state index contributed by atoms with van der Waals surface area (Å²) in [5.74, 6) is -0.297. The van der Waals surface area contributed by atoms with E-state index in [-0.39, 0.29) is 18.4 Å². The molecule has 1 atom stereocenters. The lowest BCUT2D eigenvalue weighted by atomic mass is 9.92. The van der Waals surface area contributed by atoms with E-state index in [2.05, 4.69) is 10.3 Å². The average molecular weight is 315 g/mol. The number of rotatable bonds is 3. The van der Waals surface area contributed by atoms with E-state index in [0.717, 1.165) is 22.4 Å². The molecule has 1 N–H and O–H groups in total. The van der Waals surface area contributed by atoms with Crippen LogP contribution >= 0.6 is 11.6 Å². The molecule has 22 heavy (non-hydrogen) atoms. The lowest BCUT2D eigenvalue weighted by Crippen LogP contribution is -2.14. The van der Waals surface area contributed by atoms with E-state index in [1.54, 1.807) is 12.4 Å². The second-order valence-electron chi connectivity index (χ2n) is 5.01. The minimum absolute atomic E-state index is 0.158. The summed E-state index contributed by atoms with van der Waals surface area (Å²) in [6.45, 7) is 0. The molecule has 1 unspecified atom stereocenters. The molecule has 2 aromatic carbocycles. The van der Waals surface area contributed by atoms with Gasteiger partial charge in [0, 0.05) is 16.3 Å². The predicted octanol–water partition coefficient (Wildman–Crippen LogP) is 3.60. The van der Waals surface area contributed by atoms with E-state index < -0.39 is 0 Å². The fraction of sp³-hybridized carbons (Fsp3) is 0.176. The Hall–Kier alpha value is -2.33. The first-order chi connectivity index (χ1) is 10.7. The van der Waals surface area contributed by atoms with Crippen LogP contribution in [-0.2, 0) is 16.0 Å². The Bertz CT molecular complexity index is 743. The maximum atomic E-state index is 11.7. The van der Waals surface area contributed by atoms with Crippen molar-refractivity contribution in [3.63, 3.8) is 0 Å². The van der Waals surface area contributed by atoms with Crippen LogP contribution in [0.4, 0.5) is 5.69 Å². The lowest BCUT2D eigenvalue weighted by Gasteiger charge is -2.23. The molecular weight excluding hydrogens is 300 g/mol. The molecule has 0 fully saturated rings. The second kappa shape index (κ2) is 6.20. The van der Waals surface area contributed by atoms with Crippen molar-refractivity contribution in [3.05, 3.63) is 64.2 Å². The first-order valence-electron chi connectivity index (χ1n) is 6.91. The number of halogens is 1. The topological polar surface area (TPSA) is 50.7 Å². The highest BCUT2D eigenvalue weighted by molar-refractivity contribution is 6.30. The van der Waals surface area contributed by atoms with Crippen molar-refractivity contribution >= 4 is 29.6 Å². The van der Waals surface area contributed by atoms with Gasteiger partial charge in [-0.1, -0.05) is 35.9 Å². The maximum Gasteiger partial charge on any atom is 0.309 e. The molecule has 2 aromatic rings. The van der Waals surface area contributed by atoms with Gasteiger partial charge in [0.2, 0.25) is 0 Å². The molecule has 1 aliphatic heterocycles. The number of benzene rings is 2. The molecule has 112 valence electrons. The molecule has 1 heterocycles. The summed E-state index contributed by atoms with van der Waals surface area (Å²) in [4.78, 5) is 16.2. The van der Waals surface area contributed by atoms with Gasteiger partial charge in [0.05, 0.1) is 19.9 Å². The number of esters is 1. The highest BCUT2D eigenvalue weighted by Crippen LogP contribution is 2.36. The molecule has 0 radical (unpaired) electrons. The highest BCUT2D eigenvalue weighted by atomic mass is 35.5. The third kappa shape index (κ3) is 2.83. The van der Waals surface area contributed by atoms with E-state index in [4.69, 9.17) is 16.3 Å². The van der Waals surface area contributed by atoms with Crippen molar-refractivity contribution in [2.75, 3.05) is 12.4 Å². The van der Waals surface area contributed by atoms with E-state index in [1.807, 2.05) is 36.4 Å². The molecular formula is C17H15ClN2O2. The summed E-state index contributed by atoms with van der Waals surface area (Å²) in [7, 11) is 1.38. The van der Waals surface area contributed by atoms with Gasteiger partial charge in [0.15, 0.2) is 0 Å². The Labute approximate surface area is 133 Å². The van der Waals surface area contributed by atoms with E-state index in [0.29, 0.717) is 5.02 Å². The van der Waals surface area contributed by atoms with Crippen molar-refractivity contribution in [3.8, 4) is 0 Å². The lowest BCUT2D eigenvalue weighted by molar-refractivity contribution is -0.139. The molecule has 0 saturated heterocycles. The summed E-state index contributed by atoms with van der Waals surface area (Å²) in [6.07, 6.45) is 1.86. The molecule has 0 aliphatic carbocycles. The van der Waals surface area contributed by atoms with Gasteiger partial charge in [-0.2, -0.15) is 0 Å². The molecule has 0 aromatic heterocycles. The third-order valence-corrected chi connectivity index (χ3v) is 3.90. The Morgan fingerprint density at radius 3 is 2.91 bits per heavy atom. The first kappa shape index (κ1) is 14.6. The van der Waals surface area contributed by atoms with Crippen molar-refractivity contribution in [1.29, 1.82) is 0 Å². The van der Waals surface area contributed by atoms with Crippen LogP contribution in [0.15, 0.2) is 47.5 Å². The maximum absolute atomic E-state index is 11.7. The van der Waals surface area contributed by atoms with Crippen LogP contribution in [0.3, 0.4) is 0 Å². The second-order valence-corrected chi connectivity index (χ2v) is 5.44. The van der Waals surface area contributed by atoms with E-state index in [9.17, 15) is 4.79 Å². The SMILES string of the molecule is COC(=O)Cc1cc(Cl)ccc1C1N=CNc2ccccc21. The van der Waals surface area contributed by atoms with Crippen molar-refractivity contribution in [2.45, 2.75) is 12.5 Å². The quantitative estimate of drug-likeness (QED) is 0.881. The van der Waals surface area contributed by atoms with Crippen molar-refractivity contribution < 1.29 is 9.53 Å². The fourth-order valence-corrected chi connectivity index (χ4v) is 2.79. The molecule has 0 saturated carbocycles. The van der Waals surface area contributed by atoms with Gasteiger partial charge in [-0.3, -0.25) is 9.79 Å². The van der Waals surface area contributed by atoms with Crippen LogP contribution in [-0.4, -0.2) is 19.4 Å². The molecule has 4 nitrogen and oxygen atoms in total. The van der Waals surface area contributed by atoms with Crippen LogP contribution in [0.1, 0.15) is 22.7 Å². The molecule has 0 amide bonds. The summed E-state index contributed by atoms with van der Waals surface area (Å²) in [5, 5.41) is 3.73. The third-order valence-electron chi connectivity index (χ3n) is 3.66. The Kier molecular flexibility index (Phi) is 4.11. The van der Waals surface area contributed by atoms with Gasteiger partial charge in [0.1, 0.15) is 6.04 Å². The van der Waals surface area contributed by atoms with E-state index in [1.165, 1.54) is 7.11 Å². The van der Waals surface area contributed by atoms with Gasteiger partial charge in [-0.15, -0.1) is 0 Å². The zero-order valence-electron chi connectivity index (χ0n) is 12.0.